The van der Waals surface area contributed by atoms with E-state index >= 15 is 28.8 Å². The number of nitrogens with two attached hydrogens (primary N) is 1. The monoisotopic (exact) mass is 1120 g/mol. The first-order valence-electron chi connectivity index (χ1n) is 27.8. The van der Waals surface area contributed by atoms with Crippen LogP contribution in [0.2, 0.25) is 0 Å². The Morgan fingerprint density at radius 3 is 1.74 bits per heavy atom. The number of methoxy groups -OCH3 is 2. The molecule has 0 spiro atoms. The summed E-state index contributed by atoms with van der Waals surface area (Å²) < 4.78 is 17.6. The van der Waals surface area contributed by atoms with Gasteiger partial charge in [0.1, 0.15) is 65.9 Å². The number of phenols is 1. The van der Waals surface area contributed by atoms with E-state index in [0.717, 1.165) is 10.9 Å². The molecule has 2 aliphatic rings. The van der Waals surface area contributed by atoms with Gasteiger partial charge in [0, 0.05) is 44.2 Å². The third kappa shape index (κ3) is 15.3. The summed E-state index contributed by atoms with van der Waals surface area (Å²) in [6.45, 7) is 2.48. The number of unbranched alkanes of at least 4 members (excludes halogenated alkanes) is 1. The van der Waals surface area contributed by atoms with E-state index in [4.69, 9.17) is 19.9 Å². The number of carbonyl (C=O) groups excluding carboxylic acids is 7. The largest absolute Gasteiger partial charge is 0.508 e. The number of aromatic hydroxyl groups is 1. The van der Waals surface area contributed by atoms with Gasteiger partial charge in [-0.2, -0.15) is 0 Å². The van der Waals surface area contributed by atoms with E-state index in [2.05, 4.69) is 31.9 Å². The molecule has 430 valence electrons. The van der Waals surface area contributed by atoms with Crippen LogP contribution in [-0.4, -0.2) is 121 Å². The van der Waals surface area contributed by atoms with E-state index in [9.17, 15) is 9.90 Å². The van der Waals surface area contributed by atoms with Crippen LogP contribution in [0, 0.1) is 5.92 Å². The standard InChI is InChI=1S/C63H72N8O11/c1-4-65-57(73)47-29-31-71-56(47)62(78)69-51(32-40-21-25-45(72)26-22-40)59(75)68-52(36-44-35-48-43(37-55(44)81-3)18-13-20-54(48)80-2)61(77)66-49(19-11-12-30-64)58(74)67-50(60(76)70-53(63(71)79)34-39-14-7-5-8-15-39)33-41-23-27-46(28-24-41)82-38-42-16-9-6-10-17-42/h5-10,13-18,20-28,35,37,47,49-53,56,72H,4,11-12,19,29-34,36,38,64H2,1-3H3,(H,65,73)(H,66,77)(H,67,74)(H,68,75)(H,69,78)(H,70,76)/t47?,49-,50-,51-,52-,53-,56-/m0/s1. The second-order valence-corrected chi connectivity index (χ2v) is 20.6. The highest BCUT2D eigenvalue weighted by Crippen LogP contribution is 2.33. The highest BCUT2D eigenvalue weighted by atomic mass is 16.5. The van der Waals surface area contributed by atoms with Gasteiger partial charge in [-0.05, 0) is 115 Å². The number of nitrogens with one attached hydrogen (secondary N) is 6. The molecule has 0 aliphatic carbocycles. The van der Waals surface area contributed by atoms with Crippen LogP contribution in [-0.2, 0) is 65.9 Å². The van der Waals surface area contributed by atoms with Gasteiger partial charge in [0.15, 0.2) is 0 Å². The molecule has 2 saturated heterocycles. The van der Waals surface area contributed by atoms with Gasteiger partial charge < -0.3 is 61.9 Å². The van der Waals surface area contributed by atoms with Gasteiger partial charge in [-0.15, -0.1) is 0 Å². The van der Waals surface area contributed by atoms with Gasteiger partial charge in [-0.1, -0.05) is 97.1 Å². The lowest BCUT2D eigenvalue weighted by Gasteiger charge is -2.33. The molecule has 7 atom stereocenters. The van der Waals surface area contributed by atoms with Crippen LogP contribution < -0.4 is 51.8 Å². The summed E-state index contributed by atoms with van der Waals surface area (Å²) in [5, 5.41) is 29.0. The van der Waals surface area contributed by atoms with Crippen molar-refractivity contribution in [1.29, 1.82) is 0 Å². The van der Waals surface area contributed by atoms with Crippen molar-refractivity contribution in [1.82, 2.24) is 36.8 Å². The van der Waals surface area contributed by atoms with Crippen molar-refractivity contribution in [3.63, 3.8) is 0 Å². The molecule has 0 saturated carbocycles. The molecule has 6 aromatic carbocycles. The summed E-state index contributed by atoms with van der Waals surface area (Å²) in [7, 11) is 3.01. The number of phenolic OH excluding ortho intramolecular Hbond substituents is 1. The van der Waals surface area contributed by atoms with Crippen molar-refractivity contribution >= 4 is 52.1 Å². The van der Waals surface area contributed by atoms with Crippen molar-refractivity contribution in [2.45, 2.75) is 101 Å². The Morgan fingerprint density at radius 2 is 1.13 bits per heavy atom. The average Bonchev–Trinajstić information content (AvgIpc) is 4.11. The summed E-state index contributed by atoms with van der Waals surface area (Å²) in [5.41, 5.74) is 9.19. The zero-order chi connectivity index (χ0) is 58.1. The van der Waals surface area contributed by atoms with Crippen molar-refractivity contribution in [2.75, 3.05) is 33.9 Å². The molecule has 0 bridgehead atoms. The summed E-state index contributed by atoms with van der Waals surface area (Å²) >= 11 is 0. The van der Waals surface area contributed by atoms with Gasteiger partial charge >= 0.3 is 0 Å². The molecule has 6 aromatic rings. The van der Waals surface area contributed by atoms with Crippen molar-refractivity contribution in [3.8, 4) is 23.0 Å². The Kier molecular flexibility index (Phi) is 20.5. The van der Waals surface area contributed by atoms with E-state index < -0.39 is 83.5 Å². The van der Waals surface area contributed by atoms with Gasteiger partial charge in [0.25, 0.3) is 0 Å². The Bertz CT molecular complexity index is 3180. The third-order valence-electron chi connectivity index (χ3n) is 14.9. The van der Waals surface area contributed by atoms with Crippen molar-refractivity contribution in [2.24, 2.45) is 11.7 Å². The molecule has 8 rings (SSSR count). The topological polar surface area (TPSA) is 269 Å². The number of hydrogen-bond acceptors (Lipinski definition) is 12. The number of nitrogens with zero attached hydrogens (tertiary/aromatic N) is 1. The molecular formula is C63H72N8O11. The Hall–Kier alpha value is -8.97. The summed E-state index contributed by atoms with van der Waals surface area (Å²) in [6.07, 6.45) is 0.513. The fourth-order valence-electron chi connectivity index (χ4n) is 10.6. The van der Waals surface area contributed by atoms with E-state index in [0.29, 0.717) is 64.3 Å². The molecule has 19 heteroatoms. The van der Waals surface area contributed by atoms with E-state index in [1.54, 1.807) is 85.8 Å². The van der Waals surface area contributed by atoms with Crippen LogP contribution in [0.5, 0.6) is 23.0 Å². The normalized spacial score (nSPS) is 20.9. The van der Waals surface area contributed by atoms with Crippen LogP contribution in [0.25, 0.3) is 10.8 Å². The fourth-order valence-corrected chi connectivity index (χ4v) is 10.6. The smallest absolute Gasteiger partial charge is 0.246 e. The number of hydrogen-bond donors (Lipinski definition) is 8. The lowest BCUT2D eigenvalue weighted by molar-refractivity contribution is -0.145. The first-order valence-corrected chi connectivity index (χ1v) is 27.8. The molecule has 19 nitrogen and oxygen atoms in total. The van der Waals surface area contributed by atoms with Crippen LogP contribution in [0.3, 0.4) is 0 Å². The molecular weight excluding hydrogens is 1040 g/mol. The highest BCUT2D eigenvalue weighted by molar-refractivity contribution is 6.01. The average molecular weight is 1120 g/mol. The van der Waals surface area contributed by atoms with Crippen LogP contribution in [0.1, 0.15) is 60.4 Å². The second kappa shape index (κ2) is 28.4. The van der Waals surface area contributed by atoms with Crippen LogP contribution in [0.15, 0.2) is 140 Å². The minimum atomic E-state index is -1.48. The number of carbonyl (C=O) groups is 7. The zero-order valence-electron chi connectivity index (χ0n) is 46.4. The highest BCUT2D eigenvalue weighted by Gasteiger charge is 2.48. The quantitative estimate of drug-likeness (QED) is 0.0527. The SMILES string of the molecule is CCNC(=O)C1CCN2C(=O)[C@H](Cc3ccccc3)NC(=O)[C@H](Cc3ccc(OCc4ccccc4)cc3)NC(=O)[C@H](CCCCN)NC(=O)[C@H](Cc3cc4c(OC)cccc4cc3OC)NC(=O)[C@H](Cc3ccc(O)cc3)NC(=O)[C@H]12. The van der Waals surface area contributed by atoms with E-state index in [1.807, 2.05) is 48.5 Å². The number of rotatable bonds is 19. The van der Waals surface area contributed by atoms with Gasteiger partial charge in [-0.25, -0.2) is 0 Å². The Morgan fingerprint density at radius 1 is 0.598 bits per heavy atom. The van der Waals surface area contributed by atoms with Gasteiger partial charge in [0.05, 0.1) is 20.1 Å². The molecule has 0 radical (unpaired) electrons. The maximum Gasteiger partial charge on any atom is 0.246 e. The predicted molar refractivity (Wildman–Crippen MR) is 308 cm³/mol. The van der Waals surface area contributed by atoms with E-state index in [-0.39, 0.29) is 63.9 Å². The minimum absolute atomic E-state index is 0.0445. The molecule has 7 amide bonds. The molecule has 2 heterocycles. The fraction of sp³-hybridized carbons (Fsp3) is 0.349. The second-order valence-electron chi connectivity index (χ2n) is 20.6. The van der Waals surface area contributed by atoms with Crippen molar-refractivity contribution in [3.05, 3.63) is 167 Å². The van der Waals surface area contributed by atoms with Gasteiger partial charge in [-0.3, -0.25) is 33.6 Å². The molecule has 9 N–H and O–H groups in total. The molecule has 82 heavy (non-hydrogen) atoms. The van der Waals surface area contributed by atoms with Crippen LogP contribution >= 0.6 is 0 Å². The molecule has 2 aliphatic heterocycles. The lowest BCUT2D eigenvalue weighted by atomic mass is 9.96. The Labute approximate surface area is 477 Å². The number of ether oxygens (including phenoxy) is 3. The van der Waals surface area contributed by atoms with Crippen molar-refractivity contribution < 1.29 is 52.9 Å². The zero-order valence-corrected chi connectivity index (χ0v) is 46.4. The van der Waals surface area contributed by atoms with E-state index in [1.165, 1.54) is 31.3 Å². The first kappa shape index (κ1) is 59.2. The molecule has 1 unspecified atom stereocenters. The predicted octanol–water partition coefficient (Wildman–Crippen LogP) is 4.33. The molecule has 2 fully saturated rings. The number of amides is 7. The third-order valence-corrected chi connectivity index (χ3v) is 14.9. The first-order chi connectivity index (χ1) is 39.7. The number of benzene rings is 6. The summed E-state index contributed by atoms with van der Waals surface area (Å²) in [6, 6.07) is 32.4. The van der Waals surface area contributed by atoms with Gasteiger partial charge in [0.2, 0.25) is 41.4 Å². The Balaban J connectivity index is 1.23. The summed E-state index contributed by atoms with van der Waals surface area (Å²) in [5.74, 6) is -4.72. The molecule has 0 aromatic heterocycles. The van der Waals surface area contributed by atoms with Crippen LogP contribution in [0.4, 0.5) is 0 Å². The maximum absolute atomic E-state index is 15.4. The summed E-state index contributed by atoms with van der Waals surface area (Å²) in [4.78, 5) is 106. The maximum atomic E-state index is 15.4. The minimum Gasteiger partial charge on any atom is -0.508 e. The lowest BCUT2D eigenvalue weighted by Crippen LogP contribution is -2.63. The number of fused-ring (bicyclic) bond motifs is 2.